The first kappa shape index (κ1) is 19.8. The van der Waals surface area contributed by atoms with Crippen LogP contribution in [0, 0.1) is 6.92 Å². The third kappa shape index (κ3) is 3.34. The first-order valence-corrected chi connectivity index (χ1v) is 9.05. The summed E-state index contributed by atoms with van der Waals surface area (Å²) in [5.41, 5.74) is 2.82. The number of ether oxygens (including phenoxy) is 3. The molecule has 146 valence electrons. The predicted octanol–water partition coefficient (Wildman–Crippen LogP) is 3.91. The smallest absolute Gasteiger partial charge is 0.337 e. The zero-order valence-electron chi connectivity index (χ0n) is 16.4. The fraction of sp³-hybridized carbons (Fsp3) is 0.304. The Bertz CT molecular complexity index is 899. The first-order valence-electron chi connectivity index (χ1n) is 9.05. The van der Waals surface area contributed by atoms with Gasteiger partial charge < -0.3 is 14.2 Å². The van der Waals surface area contributed by atoms with E-state index >= 15 is 0 Å². The van der Waals surface area contributed by atoms with Crippen LogP contribution in [0.5, 0.6) is 0 Å². The molecule has 0 amide bonds. The van der Waals surface area contributed by atoms with Crippen molar-refractivity contribution in [3.63, 3.8) is 0 Å². The maximum atomic E-state index is 13.2. The van der Waals surface area contributed by atoms with Crippen LogP contribution < -0.4 is 0 Å². The van der Waals surface area contributed by atoms with Crippen molar-refractivity contribution in [3.8, 4) is 0 Å². The van der Waals surface area contributed by atoms with Gasteiger partial charge in [-0.1, -0.05) is 48.6 Å². The number of hydrogen-bond acceptors (Lipinski definition) is 5. The van der Waals surface area contributed by atoms with Crippen LogP contribution in [0.4, 0.5) is 0 Å². The molecule has 1 saturated heterocycles. The molecule has 1 heterocycles. The molecular weight excluding hydrogens is 356 g/mol. The number of benzene rings is 2. The van der Waals surface area contributed by atoms with Crippen molar-refractivity contribution in [1.29, 1.82) is 0 Å². The molecule has 1 aliphatic rings. The quantitative estimate of drug-likeness (QED) is 0.594. The molecule has 0 N–H and O–H groups in total. The minimum absolute atomic E-state index is 0.355. The number of aryl methyl sites for hydroxylation is 1. The molecule has 0 aliphatic carbocycles. The normalized spacial score (nSPS) is 21.8. The van der Waals surface area contributed by atoms with Crippen molar-refractivity contribution in [2.75, 3.05) is 20.8 Å². The third-order valence-corrected chi connectivity index (χ3v) is 5.24. The number of methoxy groups -OCH3 is 2. The number of carbonyl (C=O) groups is 2. The van der Waals surface area contributed by atoms with Crippen LogP contribution in [0.1, 0.15) is 39.6 Å². The lowest BCUT2D eigenvalue weighted by atomic mass is 9.66. The van der Waals surface area contributed by atoms with Gasteiger partial charge in [0.1, 0.15) is 11.5 Å². The zero-order valence-corrected chi connectivity index (χ0v) is 16.4. The van der Waals surface area contributed by atoms with Gasteiger partial charge in [-0.3, -0.25) is 4.79 Å². The highest BCUT2D eigenvalue weighted by Crippen LogP contribution is 2.49. The maximum absolute atomic E-state index is 13.2. The van der Waals surface area contributed by atoms with Crippen LogP contribution in [0.15, 0.2) is 60.7 Å². The molecule has 5 heteroatoms. The van der Waals surface area contributed by atoms with Gasteiger partial charge in [0.2, 0.25) is 0 Å². The van der Waals surface area contributed by atoms with Gasteiger partial charge in [-0.15, -0.1) is 0 Å². The Morgan fingerprint density at radius 1 is 1.07 bits per heavy atom. The van der Waals surface area contributed by atoms with Crippen LogP contribution in [-0.4, -0.2) is 32.8 Å². The fourth-order valence-corrected chi connectivity index (χ4v) is 3.96. The van der Waals surface area contributed by atoms with E-state index in [9.17, 15) is 9.59 Å². The third-order valence-electron chi connectivity index (χ3n) is 5.24. The second-order valence-electron chi connectivity index (χ2n) is 7.01. The van der Waals surface area contributed by atoms with E-state index in [1.807, 2.05) is 31.2 Å². The largest absolute Gasteiger partial charge is 0.468 e. The maximum Gasteiger partial charge on any atom is 0.337 e. The summed E-state index contributed by atoms with van der Waals surface area (Å²) in [6.07, 6.45) is -0.147. The van der Waals surface area contributed by atoms with Gasteiger partial charge in [0, 0.05) is 0 Å². The highest BCUT2D eigenvalue weighted by Gasteiger charge is 2.53. The van der Waals surface area contributed by atoms with Crippen LogP contribution in [0.25, 0.3) is 0 Å². The number of esters is 2. The van der Waals surface area contributed by atoms with Gasteiger partial charge in [0.05, 0.1) is 26.4 Å². The number of rotatable bonds is 4. The summed E-state index contributed by atoms with van der Waals surface area (Å²) in [4.78, 5) is 24.9. The Morgan fingerprint density at radius 2 is 1.75 bits per heavy atom. The summed E-state index contributed by atoms with van der Waals surface area (Å²) >= 11 is 0. The average Bonchev–Trinajstić information content (AvgIpc) is 2.72. The van der Waals surface area contributed by atoms with Crippen molar-refractivity contribution in [1.82, 2.24) is 0 Å². The van der Waals surface area contributed by atoms with Crippen LogP contribution in [0.3, 0.4) is 0 Å². The lowest BCUT2D eigenvalue weighted by molar-refractivity contribution is -0.158. The Morgan fingerprint density at radius 3 is 2.36 bits per heavy atom. The Hall–Kier alpha value is -2.92. The fourth-order valence-electron chi connectivity index (χ4n) is 3.96. The summed E-state index contributed by atoms with van der Waals surface area (Å²) in [5.74, 6) is -0.785. The molecule has 0 spiro atoms. The summed E-state index contributed by atoms with van der Waals surface area (Å²) in [5, 5.41) is 0. The lowest BCUT2D eigenvalue weighted by Gasteiger charge is -2.43. The lowest BCUT2D eigenvalue weighted by Crippen LogP contribution is -2.47. The molecule has 0 bridgehead atoms. The number of hydrogen-bond donors (Lipinski definition) is 0. The molecule has 5 nitrogen and oxygen atoms in total. The first-order chi connectivity index (χ1) is 13.4. The molecule has 0 aromatic heterocycles. The molecule has 2 aromatic carbocycles. The predicted molar refractivity (Wildman–Crippen MR) is 105 cm³/mol. The van der Waals surface area contributed by atoms with Crippen molar-refractivity contribution in [2.24, 2.45) is 0 Å². The zero-order chi connectivity index (χ0) is 20.3. The molecular formula is C23H24O5. The van der Waals surface area contributed by atoms with E-state index in [0.717, 1.165) is 22.3 Å². The molecule has 28 heavy (non-hydrogen) atoms. The highest BCUT2D eigenvalue weighted by atomic mass is 16.5. The molecule has 2 atom stereocenters. The number of carbonyl (C=O) groups excluding carboxylic acids is 2. The van der Waals surface area contributed by atoms with E-state index in [4.69, 9.17) is 14.2 Å². The van der Waals surface area contributed by atoms with Crippen molar-refractivity contribution in [2.45, 2.75) is 24.9 Å². The van der Waals surface area contributed by atoms with Crippen LogP contribution in [-0.2, 0) is 24.4 Å². The van der Waals surface area contributed by atoms with E-state index in [2.05, 4.69) is 6.58 Å². The van der Waals surface area contributed by atoms with Crippen LogP contribution >= 0.6 is 0 Å². The van der Waals surface area contributed by atoms with E-state index in [1.54, 1.807) is 24.3 Å². The molecule has 0 unspecified atom stereocenters. The summed E-state index contributed by atoms with van der Waals surface area (Å²) in [6, 6.07) is 14.7. The summed E-state index contributed by atoms with van der Waals surface area (Å²) in [6.45, 7) is 6.39. The molecule has 2 aromatic rings. The second-order valence-corrected chi connectivity index (χ2v) is 7.01. The van der Waals surface area contributed by atoms with Crippen molar-refractivity contribution >= 4 is 11.9 Å². The molecule has 0 radical (unpaired) electrons. The molecule has 0 saturated carbocycles. The minimum atomic E-state index is -1.05. The molecule has 3 rings (SSSR count). The van der Waals surface area contributed by atoms with Gasteiger partial charge in [-0.2, -0.15) is 0 Å². The Kier molecular flexibility index (Phi) is 5.66. The average molecular weight is 380 g/mol. The van der Waals surface area contributed by atoms with Gasteiger partial charge in [0.25, 0.3) is 0 Å². The van der Waals surface area contributed by atoms with Crippen molar-refractivity contribution < 1.29 is 23.8 Å². The Balaban J connectivity index is 2.16. The molecule has 1 fully saturated rings. The van der Waals surface area contributed by atoms with E-state index in [0.29, 0.717) is 18.6 Å². The summed E-state index contributed by atoms with van der Waals surface area (Å²) < 4.78 is 16.1. The highest BCUT2D eigenvalue weighted by molar-refractivity contribution is 5.89. The van der Waals surface area contributed by atoms with Crippen LogP contribution in [0.2, 0.25) is 0 Å². The van der Waals surface area contributed by atoms with Gasteiger partial charge in [-0.05, 0) is 42.2 Å². The van der Waals surface area contributed by atoms with Gasteiger partial charge in [0.15, 0.2) is 0 Å². The van der Waals surface area contributed by atoms with E-state index in [1.165, 1.54) is 14.2 Å². The van der Waals surface area contributed by atoms with E-state index in [-0.39, 0.29) is 5.97 Å². The Labute approximate surface area is 164 Å². The monoisotopic (exact) mass is 380 g/mol. The van der Waals surface area contributed by atoms with E-state index < -0.39 is 17.5 Å². The standard InChI is InChI=1S/C23H24O5/c1-15-13-23(22(25)27-4,19-8-6-5-7-16(19)2)20(28-14-15)17-9-11-18(12-10-17)21(24)26-3/h5-12,20H,1,13-14H2,2-4H3/t20-,23+/m0/s1. The van der Waals surface area contributed by atoms with Gasteiger partial charge in [-0.25, -0.2) is 4.79 Å². The van der Waals surface area contributed by atoms with Gasteiger partial charge >= 0.3 is 11.9 Å². The topological polar surface area (TPSA) is 61.8 Å². The minimum Gasteiger partial charge on any atom is -0.468 e. The summed E-state index contributed by atoms with van der Waals surface area (Å²) in [7, 11) is 2.73. The van der Waals surface area contributed by atoms with Crippen molar-refractivity contribution in [3.05, 3.63) is 82.9 Å². The SMILES string of the molecule is C=C1CO[C@@H](c2ccc(C(=O)OC)cc2)[C@](C(=O)OC)(c2ccccc2C)C1. The molecule has 1 aliphatic heterocycles. The second kappa shape index (κ2) is 7.98.